The van der Waals surface area contributed by atoms with Gasteiger partial charge in [0.15, 0.2) is 35.5 Å². The number of hydrogen-bond acceptors (Lipinski definition) is 20. The van der Waals surface area contributed by atoms with E-state index in [1.54, 1.807) is 108 Å². The molecule has 27 nitrogen and oxygen atoms in total. The average molecular weight is 1440 g/mol. The molecule has 7 amide bonds. The lowest BCUT2D eigenvalue weighted by atomic mass is 9.89. The Morgan fingerprint density at radius 3 is 1.65 bits per heavy atom. The highest BCUT2D eigenvalue weighted by Gasteiger charge is 2.47. The number of anilines is 2. The molecule has 0 aromatic heterocycles. The summed E-state index contributed by atoms with van der Waals surface area (Å²) in [5.41, 5.74) is 4.94. The Balaban J connectivity index is 0.855. The summed E-state index contributed by atoms with van der Waals surface area (Å²) in [7, 11) is 2.97. The zero-order chi connectivity index (χ0) is 75.5. The van der Waals surface area contributed by atoms with Crippen molar-refractivity contribution in [2.75, 3.05) is 70.2 Å². The minimum atomic E-state index is -1.56. The standard InChI is InChI=1S/C77H97N7O20/c1-12-25-102-75(94)80-68(46(4)5)70(89)79-50(9)64(87)35-52-18-22-54(23-19-52)44-104-77(96)84-61-39-67(66(98-11)37-59(61)72(91)82-42-48(7)32-63(82)74(84)93)101-27-15-13-14-26-100-65-38-60-58(33-49(65)8)71(90)81-41-47(6)31-62(81)73(92)83(60)76(95)103-43-53-20-16-51(17-21-53)34-56(86)40-78-69(88)57(45(2)3)36-55(85)24-28-99-30-29-97-10/h12,16-23,33,37-39,41-42,45-46,50,57,62-63,68,73-74,92-93H,1,13-15,24-32,34-36,40,43-44H2,2-11H3,(H,78,88)(H,79,89)(H,80,94)/t50-,57-,62+,63+,68-,73+,74+/m1/s1. The van der Waals surface area contributed by atoms with Gasteiger partial charge in [-0.1, -0.05) is 100 Å². The Bertz CT molecular complexity index is 3850. The van der Waals surface area contributed by atoms with E-state index in [0.29, 0.717) is 72.5 Å². The molecule has 4 heterocycles. The maximum absolute atomic E-state index is 14.3. The lowest BCUT2D eigenvalue weighted by Gasteiger charge is -2.31. The van der Waals surface area contributed by atoms with Crippen LogP contribution in [0.15, 0.2) is 109 Å². The summed E-state index contributed by atoms with van der Waals surface area (Å²) in [4.78, 5) is 139. The van der Waals surface area contributed by atoms with Crippen molar-refractivity contribution in [2.45, 2.75) is 163 Å². The van der Waals surface area contributed by atoms with Crippen molar-refractivity contribution in [3.8, 4) is 17.2 Å². The molecule has 104 heavy (non-hydrogen) atoms. The number of fused-ring (bicyclic) bond motifs is 4. The van der Waals surface area contributed by atoms with Crippen LogP contribution in [0.4, 0.5) is 25.8 Å². The first-order valence-electron chi connectivity index (χ1n) is 35.0. The van der Waals surface area contributed by atoms with Gasteiger partial charge in [0.2, 0.25) is 11.8 Å². The molecule has 0 unspecified atom stereocenters. The van der Waals surface area contributed by atoms with E-state index in [1.807, 2.05) is 27.7 Å². The monoisotopic (exact) mass is 1440 g/mol. The van der Waals surface area contributed by atoms with Crippen molar-refractivity contribution in [3.05, 3.63) is 148 Å². The number of nitrogens with zero attached hydrogens (tertiary/aromatic N) is 4. The van der Waals surface area contributed by atoms with Crippen molar-refractivity contribution < 1.29 is 96.1 Å². The van der Waals surface area contributed by atoms with Crippen molar-refractivity contribution in [3.63, 3.8) is 0 Å². The quantitative estimate of drug-likeness (QED) is 0.0161. The van der Waals surface area contributed by atoms with E-state index in [0.717, 1.165) is 20.9 Å². The van der Waals surface area contributed by atoms with Gasteiger partial charge in [-0.3, -0.25) is 33.6 Å². The number of benzene rings is 4. The van der Waals surface area contributed by atoms with Gasteiger partial charge in [-0.15, -0.1) is 0 Å². The Morgan fingerprint density at radius 1 is 0.596 bits per heavy atom. The van der Waals surface area contributed by atoms with Gasteiger partial charge in [0.25, 0.3) is 11.8 Å². The first-order valence-corrected chi connectivity index (χ1v) is 35.0. The SMILES string of the molecule is C=CCOC(=O)N[C@@H](C(=O)N[C@H](C)C(=O)Cc1ccc(COC(=O)N2c3cc(OCCCCCOc4cc5c(cc4C)C(=O)N4C=C(C)C[C@H]4[C@H](O)N5C(=O)OCc4ccc(CC(=O)CNC(=O)[C@H](CC(=O)CCOCCOC)C(C)C)cc4)c(OC)cc3C(=O)N3C=C(C)C[C@H]3[C@@H]2O)cc1)C(C)C. The molecule has 4 aromatic carbocycles. The Labute approximate surface area is 606 Å². The summed E-state index contributed by atoms with van der Waals surface area (Å²) in [5.74, 6) is -2.82. The molecule has 4 aliphatic rings. The van der Waals surface area contributed by atoms with E-state index < -0.39 is 78.5 Å². The largest absolute Gasteiger partial charge is 0.493 e. The number of nitrogens with one attached hydrogen (secondary N) is 3. The lowest BCUT2D eigenvalue weighted by molar-refractivity contribution is -0.132. The number of rotatable bonds is 36. The lowest BCUT2D eigenvalue weighted by Crippen LogP contribution is -2.53. The van der Waals surface area contributed by atoms with Crippen molar-refractivity contribution in [1.82, 2.24) is 25.8 Å². The van der Waals surface area contributed by atoms with E-state index in [9.17, 15) is 58.2 Å². The average Bonchev–Trinajstić information content (AvgIpc) is 1.60. The fraction of sp³-hybridized carbons (Fsp3) is 0.481. The fourth-order valence-corrected chi connectivity index (χ4v) is 12.5. The molecular formula is C77H97N7O20. The Kier molecular flexibility index (Phi) is 28.7. The minimum Gasteiger partial charge on any atom is -0.493 e. The number of aryl methyl sites for hydroxylation is 1. The third-order valence-corrected chi connectivity index (χ3v) is 18.4. The molecule has 0 spiro atoms. The molecule has 7 atom stereocenters. The molecule has 0 aliphatic carbocycles. The van der Waals surface area contributed by atoms with E-state index in [-0.39, 0.29) is 147 Å². The number of unbranched alkanes of at least 4 members (excludes halogenated alkanes) is 2. The number of ketones is 3. The van der Waals surface area contributed by atoms with Crippen LogP contribution in [0, 0.1) is 24.7 Å². The number of alkyl carbamates (subject to hydrolysis) is 1. The number of methoxy groups -OCH3 is 2. The van der Waals surface area contributed by atoms with Gasteiger partial charge in [0, 0.05) is 63.2 Å². The van der Waals surface area contributed by atoms with E-state index in [4.69, 9.17) is 37.9 Å². The fourth-order valence-electron chi connectivity index (χ4n) is 12.5. The number of carbonyl (C=O) groups is 10. The zero-order valence-corrected chi connectivity index (χ0v) is 60.8. The van der Waals surface area contributed by atoms with Gasteiger partial charge < -0.3 is 73.9 Å². The van der Waals surface area contributed by atoms with Crippen LogP contribution < -0.4 is 40.0 Å². The molecule has 0 fully saturated rings. The summed E-state index contributed by atoms with van der Waals surface area (Å²) in [5, 5.41) is 31.9. The van der Waals surface area contributed by atoms with Crippen molar-refractivity contribution >= 4 is 70.6 Å². The first-order chi connectivity index (χ1) is 49.7. The van der Waals surface area contributed by atoms with E-state index in [2.05, 4.69) is 22.5 Å². The first kappa shape index (κ1) is 79.7. The predicted molar refractivity (Wildman–Crippen MR) is 383 cm³/mol. The summed E-state index contributed by atoms with van der Waals surface area (Å²) in [6, 6.07) is 16.1. The number of aliphatic hydroxyl groups is 2. The normalized spacial score (nSPS) is 17.6. The van der Waals surface area contributed by atoms with Crippen LogP contribution in [0.3, 0.4) is 0 Å². The second-order valence-electron chi connectivity index (χ2n) is 27.1. The second kappa shape index (κ2) is 37.5. The van der Waals surface area contributed by atoms with Crippen molar-refractivity contribution in [2.24, 2.45) is 17.8 Å². The topological polar surface area (TPSA) is 334 Å². The van der Waals surface area contributed by atoms with Gasteiger partial charge in [-0.05, 0) is 112 Å². The third-order valence-electron chi connectivity index (χ3n) is 18.4. The van der Waals surface area contributed by atoms with Crippen LogP contribution in [0.2, 0.25) is 0 Å². The number of aliphatic hydroxyl groups excluding tert-OH is 2. The molecule has 0 radical (unpaired) electrons. The smallest absolute Gasteiger partial charge is 0.416 e. The molecule has 4 aliphatic heterocycles. The van der Waals surface area contributed by atoms with Gasteiger partial charge in [-0.2, -0.15) is 0 Å². The molecule has 0 bridgehead atoms. The van der Waals surface area contributed by atoms with Crippen LogP contribution in [-0.2, 0) is 73.7 Å². The van der Waals surface area contributed by atoms with Crippen molar-refractivity contribution in [1.29, 1.82) is 0 Å². The summed E-state index contributed by atoms with van der Waals surface area (Å²) >= 11 is 0. The Hall–Kier alpha value is -9.96. The number of ether oxygens (including phenoxy) is 8. The Morgan fingerprint density at radius 2 is 1.12 bits per heavy atom. The molecular weight excluding hydrogens is 1340 g/mol. The maximum atomic E-state index is 14.3. The number of carbonyl (C=O) groups excluding carboxylic acids is 10. The molecule has 8 rings (SSSR count). The van der Waals surface area contributed by atoms with E-state index >= 15 is 0 Å². The van der Waals surface area contributed by atoms with Crippen LogP contribution in [0.1, 0.15) is 142 Å². The zero-order valence-electron chi connectivity index (χ0n) is 60.8. The van der Waals surface area contributed by atoms with Gasteiger partial charge in [0.1, 0.15) is 37.4 Å². The van der Waals surface area contributed by atoms with Gasteiger partial charge in [0.05, 0.1) is 87.3 Å². The van der Waals surface area contributed by atoms with Gasteiger partial charge >= 0.3 is 18.3 Å². The molecule has 0 saturated heterocycles. The van der Waals surface area contributed by atoms with Crippen LogP contribution >= 0.6 is 0 Å². The molecule has 0 saturated carbocycles. The summed E-state index contributed by atoms with van der Waals surface area (Å²) in [6.45, 7) is 18.3. The molecule has 27 heteroatoms. The van der Waals surface area contributed by atoms with Crippen LogP contribution in [-0.4, -0.2) is 176 Å². The maximum Gasteiger partial charge on any atom is 0.416 e. The van der Waals surface area contributed by atoms with E-state index in [1.165, 1.54) is 35.1 Å². The minimum absolute atomic E-state index is 0.00720. The van der Waals surface area contributed by atoms with Crippen LogP contribution in [0.5, 0.6) is 17.2 Å². The molecule has 5 N–H and O–H groups in total. The van der Waals surface area contributed by atoms with Crippen LogP contribution in [0.25, 0.3) is 0 Å². The molecule has 560 valence electrons. The number of hydrogen-bond donors (Lipinski definition) is 5. The van der Waals surface area contributed by atoms with Gasteiger partial charge in [-0.25, -0.2) is 24.2 Å². The molecule has 4 aromatic rings. The summed E-state index contributed by atoms with van der Waals surface area (Å²) < 4.78 is 45.3. The number of Topliss-reactive ketones (excluding diaryl/α,β-unsaturated/α-hetero) is 3. The number of amides is 7. The highest BCUT2D eigenvalue weighted by Crippen LogP contribution is 2.43. The highest BCUT2D eigenvalue weighted by atomic mass is 16.6. The second-order valence-corrected chi connectivity index (χ2v) is 27.1. The predicted octanol–water partition coefficient (Wildman–Crippen LogP) is 8.88. The summed E-state index contributed by atoms with van der Waals surface area (Å²) in [6.07, 6.45) is 1.30. The highest BCUT2D eigenvalue weighted by molar-refractivity contribution is 6.07. The third kappa shape index (κ3) is 20.7.